The Morgan fingerprint density at radius 2 is 1.90 bits per heavy atom. The minimum Gasteiger partial charge on any atom is -0.377 e. The molecule has 1 atom stereocenters. The van der Waals surface area contributed by atoms with Crippen LogP contribution in [0.2, 0.25) is 5.02 Å². The number of aromatic nitrogens is 1. The maximum atomic E-state index is 14.7. The van der Waals surface area contributed by atoms with E-state index in [0.29, 0.717) is 5.69 Å². The normalized spacial score (nSPS) is 12.6. The third-order valence-corrected chi connectivity index (χ3v) is 7.11. The van der Waals surface area contributed by atoms with Crippen molar-refractivity contribution in [1.29, 1.82) is 0 Å². The van der Waals surface area contributed by atoms with Gasteiger partial charge >= 0.3 is 0 Å². The number of halogens is 2. The van der Waals surface area contributed by atoms with Crippen LogP contribution in [-0.2, 0) is 10.0 Å². The van der Waals surface area contributed by atoms with E-state index < -0.39 is 20.7 Å². The van der Waals surface area contributed by atoms with Gasteiger partial charge in [0.15, 0.2) is 5.13 Å². The van der Waals surface area contributed by atoms with Gasteiger partial charge < -0.3 is 5.32 Å². The van der Waals surface area contributed by atoms with Crippen molar-refractivity contribution in [2.45, 2.75) is 17.9 Å². The highest BCUT2D eigenvalue weighted by molar-refractivity contribution is 7.93. The van der Waals surface area contributed by atoms with Crippen LogP contribution in [0.4, 0.5) is 15.2 Å². The highest BCUT2D eigenvalue weighted by atomic mass is 35.5. The average molecular weight is 462 g/mol. The Balaban J connectivity index is 1.63. The summed E-state index contributed by atoms with van der Waals surface area (Å²) >= 11 is 7.40. The lowest BCUT2D eigenvalue weighted by atomic mass is 9.99. The van der Waals surface area contributed by atoms with Crippen molar-refractivity contribution in [1.82, 2.24) is 4.98 Å². The zero-order valence-electron chi connectivity index (χ0n) is 15.8. The fourth-order valence-electron chi connectivity index (χ4n) is 3.23. The molecule has 0 aliphatic rings. The van der Waals surface area contributed by atoms with Gasteiger partial charge in [0.2, 0.25) is 0 Å². The number of benzene rings is 3. The summed E-state index contributed by atoms with van der Waals surface area (Å²) in [6.07, 6.45) is 1.45. The van der Waals surface area contributed by atoms with Crippen LogP contribution < -0.4 is 10.0 Å². The fraction of sp³-hybridized carbons (Fsp3) is 0.0952. The number of rotatable bonds is 6. The van der Waals surface area contributed by atoms with E-state index in [9.17, 15) is 12.8 Å². The molecule has 1 aromatic heterocycles. The maximum absolute atomic E-state index is 14.7. The molecule has 2 N–H and O–H groups in total. The highest BCUT2D eigenvalue weighted by Gasteiger charge is 2.23. The summed E-state index contributed by atoms with van der Waals surface area (Å²) in [6.45, 7) is 1.94. The molecule has 4 aromatic rings. The van der Waals surface area contributed by atoms with Crippen molar-refractivity contribution in [2.75, 3.05) is 10.0 Å². The molecule has 4 rings (SSSR count). The summed E-state index contributed by atoms with van der Waals surface area (Å²) in [6, 6.07) is 15.9. The van der Waals surface area contributed by atoms with Crippen LogP contribution >= 0.6 is 22.9 Å². The van der Waals surface area contributed by atoms with Gasteiger partial charge in [-0.05, 0) is 35.4 Å². The molecular formula is C21H17ClFN3O2S2. The van der Waals surface area contributed by atoms with Crippen LogP contribution in [0.15, 0.2) is 71.1 Å². The quantitative estimate of drug-likeness (QED) is 0.366. The van der Waals surface area contributed by atoms with Crippen molar-refractivity contribution < 1.29 is 12.8 Å². The van der Waals surface area contributed by atoms with E-state index >= 15 is 0 Å². The van der Waals surface area contributed by atoms with Gasteiger partial charge in [-0.1, -0.05) is 54.1 Å². The third kappa shape index (κ3) is 4.12. The molecular weight excluding hydrogens is 445 g/mol. The Kier molecular flexibility index (Phi) is 5.64. The van der Waals surface area contributed by atoms with Crippen LogP contribution in [0.5, 0.6) is 0 Å². The Bertz CT molecular complexity index is 1310. The van der Waals surface area contributed by atoms with E-state index in [-0.39, 0.29) is 16.2 Å². The molecule has 0 saturated carbocycles. The van der Waals surface area contributed by atoms with Crippen molar-refractivity contribution in [2.24, 2.45) is 0 Å². The first-order chi connectivity index (χ1) is 14.3. The number of thiazole rings is 1. The summed E-state index contributed by atoms with van der Waals surface area (Å²) in [5, 5.41) is 7.22. The van der Waals surface area contributed by atoms with Crippen molar-refractivity contribution >= 4 is 54.6 Å². The number of nitrogens with one attached hydrogen (secondary N) is 2. The second-order valence-electron chi connectivity index (χ2n) is 6.64. The van der Waals surface area contributed by atoms with E-state index in [1.807, 2.05) is 49.4 Å². The van der Waals surface area contributed by atoms with Gasteiger partial charge in [0.25, 0.3) is 10.0 Å². The van der Waals surface area contributed by atoms with E-state index in [1.54, 1.807) is 5.38 Å². The summed E-state index contributed by atoms with van der Waals surface area (Å²) < 4.78 is 42.0. The Labute approximate surface area is 182 Å². The SMILES string of the molecule is CC(Nc1cc(F)c(S(=O)(=O)Nc2nccs2)cc1Cl)c1cccc2ccccc12. The van der Waals surface area contributed by atoms with Gasteiger partial charge in [-0.25, -0.2) is 17.8 Å². The molecule has 0 fully saturated rings. The molecule has 0 amide bonds. The largest absolute Gasteiger partial charge is 0.377 e. The lowest BCUT2D eigenvalue weighted by molar-refractivity contribution is 0.570. The standard InChI is InChI=1S/C21H17ClFN3O2S2/c1-13(15-8-4-6-14-5-2-3-7-16(14)15)25-19-12-18(23)20(11-17(19)22)30(27,28)26-21-24-9-10-29-21/h2-13,25H,1H3,(H,24,26). The van der Waals surface area contributed by atoms with Crippen LogP contribution in [0.1, 0.15) is 18.5 Å². The van der Waals surface area contributed by atoms with Gasteiger partial charge in [-0.2, -0.15) is 0 Å². The number of nitrogens with zero attached hydrogens (tertiary/aromatic N) is 1. The van der Waals surface area contributed by atoms with Gasteiger partial charge in [-0.15, -0.1) is 11.3 Å². The monoisotopic (exact) mass is 461 g/mol. The van der Waals surface area contributed by atoms with Crippen LogP contribution in [0.3, 0.4) is 0 Å². The van der Waals surface area contributed by atoms with E-state index in [2.05, 4.69) is 15.0 Å². The first-order valence-electron chi connectivity index (χ1n) is 9.01. The van der Waals surface area contributed by atoms with Gasteiger partial charge in [0.05, 0.1) is 10.7 Å². The number of anilines is 2. The highest BCUT2D eigenvalue weighted by Crippen LogP contribution is 2.33. The zero-order chi connectivity index (χ0) is 21.3. The van der Waals surface area contributed by atoms with Gasteiger partial charge in [0.1, 0.15) is 10.7 Å². The molecule has 0 saturated heterocycles. The predicted molar refractivity (Wildman–Crippen MR) is 120 cm³/mol. The zero-order valence-corrected chi connectivity index (χ0v) is 18.2. The Morgan fingerprint density at radius 3 is 2.67 bits per heavy atom. The summed E-state index contributed by atoms with van der Waals surface area (Å²) in [5.41, 5.74) is 1.33. The molecule has 30 heavy (non-hydrogen) atoms. The molecule has 154 valence electrons. The topological polar surface area (TPSA) is 71.1 Å². The molecule has 0 aliphatic heterocycles. The Hall–Kier alpha value is -2.68. The maximum Gasteiger partial charge on any atom is 0.266 e. The molecule has 9 heteroatoms. The molecule has 0 spiro atoms. The van der Waals surface area contributed by atoms with Crippen LogP contribution in [-0.4, -0.2) is 13.4 Å². The molecule has 5 nitrogen and oxygen atoms in total. The van der Waals surface area contributed by atoms with Crippen molar-refractivity contribution in [3.63, 3.8) is 0 Å². The number of fused-ring (bicyclic) bond motifs is 1. The van der Waals surface area contributed by atoms with Crippen LogP contribution in [0.25, 0.3) is 10.8 Å². The summed E-state index contributed by atoms with van der Waals surface area (Å²) in [5.74, 6) is -0.906. The third-order valence-electron chi connectivity index (χ3n) is 4.63. The number of hydrogen-bond acceptors (Lipinski definition) is 5. The minimum atomic E-state index is -4.15. The fourth-order valence-corrected chi connectivity index (χ4v) is 5.39. The molecule has 0 radical (unpaired) electrons. The molecule has 1 heterocycles. The minimum absolute atomic E-state index is 0.100. The van der Waals surface area contributed by atoms with Gasteiger partial charge in [-0.3, -0.25) is 4.72 Å². The Morgan fingerprint density at radius 1 is 1.13 bits per heavy atom. The molecule has 0 aliphatic carbocycles. The van der Waals surface area contributed by atoms with Crippen LogP contribution in [0, 0.1) is 5.82 Å². The lowest BCUT2D eigenvalue weighted by Gasteiger charge is -2.19. The number of sulfonamides is 1. The molecule has 0 bridgehead atoms. The second-order valence-corrected chi connectivity index (χ2v) is 9.59. The smallest absolute Gasteiger partial charge is 0.266 e. The van der Waals surface area contributed by atoms with Gasteiger partial charge in [0, 0.05) is 17.6 Å². The first kappa shape index (κ1) is 20.6. The van der Waals surface area contributed by atoms with E-state index in [1.165, 1.54) is 6.20 Å². The average Bonchev–Trinajstić information content (AvgIpc) is 3.22. The summed E-state index contributed by atoms with van der Waals surface area (Å²) in [4.78, 5) is 3.32. The van der Waals surface area contributed by atoms with Crippen molar-refractivity contribution in [3.8, 4) is 0 Å². The second kappa shape index (κ2) is 8.22. The van der Waals surface area contributed by atoms with E-state index in [0.717, 1.165) is 39.8 Å². The number of hydrogen-bond donors (Lipinski definition) is 2. The molecule has 1 unspecified atom stereocenters. The lowest BCUT2D eigenvalue weighted by Crippen LogP contribution is -2.15. The van der Waals surface area contributed by atoms with Crippen molar-refractivity contribution in [3.05, 3.63) is 82.6 Å². The first-order valence-corrected chi connectivity index (χ1v) is 11.7. The predicted octanol–water partition coefficient (Wildman–Crippen LogP) is 6.06. The molecule has 3 aromatic carbocycles. The summed E-state index contributed by atoms with van der Waals surface area (Å²) in [7, 11) is -4.15. The van der Waals surface area contributed by atoms with E-state index in [4.69, 9.17) is 11.6 Å².